The van der Waals surface area contributed by atoms with Crippen LogP contribution in [0.25, 0.3) is 21.8 Å². The Morgan fingerprint density at radius 1 is 1.00 bits per heavy atom. The van der Waals surface area contributed by atoms with Gasteiger partial charge in [-0.15, -0.1) is 16.4 Å². The predicted octanol–water partition coefficient (Wildman–Crippen LogP) is 6.65. The summed E-state index contributed by atoms with van der Waals surface area (Å²) in [4.78, 5) is 17.0. The van der Waals surface area contributed by atoms with E-state index in [-0.39, 0.29) is 27.8 Å². The molecule has 2 aromatic carbocycles. The van der Waals surface area contributed by atoms with Crippen LogP contribution in [0.2, 0.25) is 5.02 Å². The average molecular weight is 551 g/mol. The first kappa shape index (κ1) is 25.9. The number of rotatable bonds is 6. The van der Waals surface area contributed by atoms with E-state index < -0.39 is 42.4 Å². The lowest BCUT2D eigenvalue weighted by Gasteiger charge is -2.09. The molecule has 0 spiro atoms. The van der Waals surface area contributed by atoms with Gasteiger partial charge in [0.05, 0.1) is 23.4 Å². The Bertz CT molecular complexity index is 1440. The Morgan fingerprint density at radius 2 is 1.69 bits per heavy atom. The smallest absolute Gasteiger partial charge is 0.275 e. The molecular formula is C22H14ClF7N4OS. The summed E-state index contributed by atoms with van der Waals surface area (Å²) in [6, 6.07) is 8.82. The summed E-state index contributed by atoms with van der Waals surface area (Å²) >= 11 is 6.69. The molecule has 14 heteroatoms. The van der Waals surface area contributed by atoms with Crippen molar-refractivity contribution in [2.24, 2.45) is 0 Å². The number of benzene rings is 2. The molecule has 2 heterocycles. The summed E-state index contributed by atoms with van der Waals surface area (Å²) < 4.78 is 93.9. The molecule has 0 amide bonds. The van der Waals surface area contributed by atoms with Crippen LogP contribution in [0.5, 0.6) is 0 Å². The van der Waals surface area contributed by atoms with Crippen LogP contribution in [0.15, 0.2) is 53.5 Å². The summed E-state index contributed by atoms with van der Waals surface area (Å²) in [6.07, 6.45) is -9.51. The van der Waals surface area contributed by atoms with E-state index in [4.69, 9.17) is 11.6 Å². The molecule has 0 N–H and O–H groups in total. The maximum Gasteiger partial charge on any atom is 0.419 e. The molecular weight excluding hydrogens is 537 g/mol. The summed E-state index contributed by atoms with van der Waals surface area (Å²) in [6.45, 7) is -0.970. The van der Waals surface area contributed by atoms with Gasteiger partial charge in [0.15, 0.2) is 5.82 Å². The van der Waals surface area contributed by atoms with Crippen molar-refractivity contribution >= 4 is 22.9 Å². The molecule has 5 nitrogen and oxygen atoms in total. The Morgan fingerprint density at radius 3 is 2.33 bits per heavy atom. The van der Waals surface area contributed by atoms with Crippen LogP contribution in [-0.2, 0) is 19.3 Å². The van der Waals surface area contributed by atoms with Crippen LogP contribution in [-0.4, -0.2) is 25.5 Å². The normalized spacial score (nSPS) is 12.3. The van der Waals surface area contributed by atoms with Gasteiger partial charge in [0, 0.05) is 28.9 Å². The van der Waals surface area contributed by atoms with Crippen LogP contribution in [0.4, 0.5) is 30.7 Å². The van der Waals surface area contributed by atoms with Gasteiger partial charge in [-0.05, 0) is 30.3 Å². The minimum atomic E-state index is -4.89. The van der Waals surface area contributed by atoms with Gasteiger partial charge in [0.2, 0.25) is 0 Å². The molecule has 4 rings (SSSR count). The lowest BCUT2D eigenvalue weighted by molar-refractivity contribution is -0.140. The van der Waals surface area contributed by atoms with E-state index in [0.717, 1.165) is 32.8 Å². The molecule has 0 aliphatic heterocycles. The maximum absolute atomic E-state index is 14.5. The van der Waals surface area contributed by atoms with Crippen LogP contribution in [0.3, 0.4) is 0 Å². The summed E-state index contributed by atoms with van der Waals surface area (Å²) in [5.41, 5.74) is -2.24. The third-order valence-electron chi connectivity index (χ3n) is 5.05. The fourth-order valence-corrected chi connectivity index (χ4v) is 4.42. The van der Waals surface area contributed by atoms with Crippen LogP contribution in [0, 0.1) is 5.82 Å². The molecule has 0 unspecified atom stereocenters. The highest BCUT2D eigenvalue weighted by Gasteiger charge is 2.35. The SMILES string of the molecule is O=c1n(Cc2ncc(-c3cccc(C(F)(F)F)c3F)s2)nc(-c2ccc(Cl)cc2)n1CCC(F)(F)F. The molecule has 0 aliphatic rings. The summed E-state index contributed by atoms with van der Waals surface area (Å²) in [7, 11) is 0. The van der Waals surface area contributed by atoms with E-state index in [1.54, 1.807) is 0 Å². The monoisotopic (exact) mass is 550 g/mol. The second-order valence-corrected chi connectivity index (χ2v) is 9.12. The highest BCUT2D eigenvalue weighted by molar-refractivity contribution is 7.15. The first-order chi connectivity index (χ1) is 16.8. The highest BCUT2D eigenvalue weighted by Crippen LogP contribution is 2.37. The number of hydrogen-bond donors (Lipinski definition) is 0. The van der Waals surface area contributed by atoms with E-state index in [2.05, 4.69) is 10.1 Å². The van der Waals surface area contributed by atoms with Crippen molar-refractivity contribution in [3.63, 3.8) is 0 Å². The van der Waals surface area contributed by atoms with Crippen LogP contribution in [0.1, 0.15) is 17.0 Å². The third-order valence-corrected chi connectivity index (χ3v) is 6.32. The molecule has 0 aliphatic carbocycles. The number of halogens is 8. The van der Waals surface area contributed by atoms with E-state index in [1.807, 2.05) is 0 Å². The minimum absolute atomic E-state index is 0.0263. The van der Waals surface area contributed by atoms with Crippen molar-refractivity contribution in [2.45, 2.75) is 31.9 Å². The maximum atomic E-state index is 14.5. The van der Waals surface area contributed by atoms with Crippen LogP contribution < -0.4 is 5.69 Å². The Balaban J connectivity index is 1.68. The van der Waals surface area contributed by atoms with E-state index in [0.29, 0.717) is 16.7 Å². The van der Waals surface area contributed by atoms with Gasteiger partial charge in [-0.3, -0.25) is 4.57 Å². The first-order valence-corrected chi connectivity index (χ1v) is 11.3. The van der Waals surface area contributed by atoms with Crippen LogP contribution >= 0.6 is 22.9 Å². The zero-order valence-electron chi connectivity index (χ0n) is 17.9. The Labute approximate surface area is 207 Å². The fourth-order valence-electron chi connectivity index (χ4n) is 3.37. The first-order valence-electron chi connectivity index (χ1n) is 10.1. The number of thiazole rings is 1. The lowest BCUT2D eigenvalue weighted by Crippen LogP contribution is -2.27. The Hall–Kier alpha value is -3.19. The number of alkyl halides is 6. The average Bonchev–Trinajstić information content (AvgIpc) is 3.37. The van der Waals surface area contributed by atoms with Gasteiger partial charge in [-0.1, -0.05) is 23.7 Å². The van der Waals surface area contributed by atoms with Crippen molar-refractivity contribution in [2.75, 3.05) is 0 Å². The molecule has 4 aromatic rings. The van der Waals surface area contributed by atoms with Gasteiger partial charge in [0.1, 0.15) is 10.8 Å². The van der Waals surface area contributed by atoms with Gasteiger partial charge < -0.3 is 0 Å². The lowest BCUT2D eigenvalue weighted by atomic mass is 10.1. The summed E-state index contributed by atoms with van der Waals surface area (Å²) in [5.74, 6) is -1.49. The number of hydrogen-bond acceptors (Lipinski definition) is 4. The predicted molar refractivity (Wildman–Crippen MR) is 119 cm³/mol. The second-order valence-electron chi connectivity index (χ2n) is 7.57. The number of nitrogens with zero attached hydrogens (tertiary/aromatic N) is 4. The molecule has 0 fully saturated rings. The topological polar surface area (TPSA) is 52.7 Å². The van der Waals surface area contributed by atoms with Crippen molar-refractivity contribution in [3.05, 3.63) is 80.6 Å². The standard InChI is InChI=1S/C22H14ClF7N4OS/c23-13-6-4-12(5-7-13)19-32-34(20(35)33(19)9-8-21(25,26)27)11-17-31-10-16(36-17)14-2-1-3-15(18(14)24)22(28,29)30/h1-7,10H,8-9,11H2. The van der Waals surface area contributed by atoms with Crippen molar-refractivity contribution in [1.29, 1.82) is 0 Å². The molecule has 0 saturated heterocycles. The molecule has 36 heavy (non-hydrogen) atoms. The van der Waals surface area contributed by atoms with Crippen molar-refractivity contribution in [3.8, 4) is 21.8 Å². The highest BCUT2D eigenvalue weighted by atomic mass is 35.5. The van der Waals surface area contributed by atoms with E-state index in [9.17, 15) is 35.5 Å². The Kier molecular flexibility index (Phi) is 6.97. The molecule has 0 atom stereocenters. The fraction of sp³-hybridized carbons (Fsp3) is 0.227. The zero-order valence-corrected chi connectivity index (χ0v) is 19.4. The van der Waals surface area contributed by atoms with Gasteiger partial charge >= 0.3 is 18.0 Å². The molecule has 0 saturated carbocycles. The zero-order chi connectivity index (χ0) is 26.3. The third kappa shape index (κ3) is 5.62. The number of aromatic nitrogens is 4. The quantitative estimate of drug-likeness (QED) is 0.253. The molecule has 190 valence electrons. The van der Waals surface area contributed by atoms with E-state index in [1.165, 1.54) is 30.3 Å². The van der Waals surface area contributed by atoms with Gasteiger partial charge in [-0.25, -0.2) is 18.9 Å². The molecule has 2 aromatic heterocycles. The second kappa shape index (κ2) is 9.69. The van der Waals surface area contributed by atoms with Gasteiger partial charge in [-0.2, -0.15) is 26.3 Å². The molecule has 0 bridgehead atoms. The minimum Gasteiger partial charge on any atom is -0.275 e. The summed E-state index contributed by atoms with van der Waals surface area (Å²) in [5, 5.41) is 4.71. The van der Waals surface area contributed by atoms with Gasteiger partial charge in [0.25, 0.3) is 0 Å². The van der Waals surface area contributed by atoms with Crippen molar-refractivity contribution < 1.29 is 30.7 Å². The largest absolute Gasteiger partial charge is 0.419 e. The van der Waals surface area contributed by atoms with Crippen molar-refractivity contribution in [1.82, 2.24) is 19.3 Å². The van der Waals surface area contributed by atoms with E-state index >= 15 is 0 Å². The molecule has 0 radical (unpaired) electrons.